The monoisotopic (exact) mass is 397 g/mol. The van der Waals surface area contributed by atoms with E-state index in [1.165, 1.54) is 12.1 Å². The summed E-state index contributed by atoms with van der Waals surface area (Å²) in [5, 5.41) is 2.52. The Morgan fingerprint density at radius 3 is 2.30 bits per heavy atom. The molecule has 1 aromatic rings. The fraction of sp³-hybridized carbons (Fsp3) is 0.556. The highest BCUT2D eigenvalue weighted by molar-refractivity contribution is 7.90. The average Bonchev–Trinajstić information content (AvgIpc) is 2.60. The van der Waals surface area contributed by atoms with Gasteiger partial charge in [-0.15, -0.1) is 0 Å². The summed E-state index contributed by atoms with van der Waals surface area (Å²) in [5.41, 5.74) is 0.909. The van der Waals surface area contributed by atoms with Crippen LogP contribution in [0.25, 0.3) is 0 Å². The van der Waals surface area contributed by atoms with Gasteiger partial charge in [-0.2, -0.15) is 0 Å². The first kappa shape index (κ1) is 21.2. The first-order valence-electron chi connectivity index (χ1n) is 8.95. The van der Waals surface area contributed by atoms with Crippen LogP contribution < -0.4 is 10.0 Å². The molecule has 3 amide bonds. The standard InChI is InChI=1S/C18H27N3O5S/c1-13(2)12-16(17(22)21-8-10-26-11-9-21)19-18(23)20-27(24,25)15-6-4-14(3)5-7-15/h4-7,13,16H,8-12H2,1-3H3,(H2,19,20,23)/t16-/m0/s1. The molecule has 0 unspecified atom stereocenters. The SMILES string of the molecule is Cc1ccc(S(=O)(=O)NC(=O)N[C@@H](CC(C)C)C(=O)N2CCOCC2)cc1. The minimum absolute atomic E-state index is 0.0110. The molecule has 0 bridgehead atoms. The van der Waals surface area contributed by atoms with Crippen molar-refractivity contribution < 1.29 is 22.7 Å². The summed E-state index contributed by atoms with van der Waals surface area (Å²) in [4.78, 5) is 26.6. The third kappa shape index (κ3) is 6.21. The summed E-state index contributed by atoms with van der Waals surface area (Å²) < 4.78 is 31.9. The number of urea groups is 1. The molecule has 1 heterocycles. The van der Waals surface area contributed by atoms with Crippen LogP contribution in [0.1, 0.15) is 25.8 Å². The van der Waals surface area contributed by atoms with E-state index in [-0.39, 0.29) is 16.7 Å². The Labute approximate surface area is 160 Å². The number of amides is 3. The predicted molar refractivity (Wildman–Crippen MR) is 101 cm³/mol. The van der Waals surface area contributed by atoms with Gasteiger partial charge in [-0.25, -0.2) is 17.9 Å². The number of ether oxygens (including phenoxy) is 1. The molecule has 2 N–H and O–H groups in total. The molecule has 27 heavy (non-hydrogen) atoms. The molecule has 0 radical (unpaired) electrons. The smallest absolute Gasteiger partial charge is 0.329 e. The first-order valence-corrected chi connectivity index (χ1v) is 10.4. The molecule has 0 aliphatic carbocycles. The van der Waals surface area contributed by atoms with Gasteiger partial charge in [0.15, 0.2) is 0 Å². The fourth-order valence-corrected chi connectivity index (χ4v) is 3.70. The van der Waals surface area contributed by atoms with Crippen LogP contribution in [0.2, 0.25) is 0 Å². The maximum Gasteiger partial charge on any atom is 0.329 e. The summed E-state index contributed by atoms with van der Waals surface area (Å²) in [5.74, 6) is -0.0797. The van der Waals surface area contributed by atoms with Crippen LogP contribution in [0.15, 0.2) is 29.2 Å². The number of sulfonamides is 1. The van der Waals surface area contributed by atoms with Gasteiger partial charge in [0, 0.05) is 13.1 Å². The molecular weight excluding hydrogens is 370 g/mol. The largest absolute Gasteiger partial charge is 0.378 e. The molecule has 2 rings (SSSR count). The number of aryl methyl sites for hydroxylation is 1. The van der Waals surface area contributed by atoms with Crippen LogP contribution >= 0.6 is 0 Å². The van der Waals surface area contributed by atoms with E-state index in [0.29, 0.717) is 32.7 Å². The third-order valence-corrected chi connectivity index (χ3v) is 5.54. The second-order valence-corrected chi connectivity index (χ2v) is 8.69. The fourth-order valence-electron chi connectivity index (χ4n) is 2.78. The van der Waals surface area contributed by atoms with Crippen molar-refractivity contribution in [3.8, 4) is 0 Å². The summed E-state index contributed by atoms with van der Waals surface area (Å²) in [6.45, 7) is 7.52. The number of morpholine rings is 1. The van der Waals surface area contributed by atoms with Crippen molar-refractivity contribution in [1.82, 2.24) is 14.9 Å². The quantitative estimate of drug-likeness (QED) is 0.752. The summed E-state index contributed by atoms with van der Waals surface area (Å²) in [6.07, 6.45) is 0.411. The van der Waals surface area contributed by atoms with Gasteiger partial charge in [-0.1, -0.05) is 31.5 Å². The van der Waals surface area contributed by atoms with Crippen LogP contribution in [0, 0.1) is 12.8 Å². The van der Waals surface area contributed by atoms with Crippen molar-refractivity contribution in [2.75, 3.05) is 26.3 Å². The number of rotatable bonds is 6. The van der Waals surface area contributed by atoms with E-state index in [0.717, 1.165) is 5.56 Å². The summed E-state index contributed by atoms with van der Waals surface area (Å²) in [6, 6.07) is 4.44. The highest BCUT2D eigenvalue weighted by Crippen LogP contribution is 2.12. The van der Waals surface area contributed by atoms with Crippen molar-refractivity contribution in [3.05, 3.63) is 29.8 Å². The maximum atomic E-state index is 12.7. The van der Waals surface area contributed by atoms with Gasteiger partial charge in [0.25, 0.3) is 10.0 Å². The second-order valence-electron chi connectivity index (χ2n) is 7.01. The first-order chi connectivity index (χ1) is 12.7. The van der Waals surface area contributed by atoms with E-state index >= 15 is 0 Å². The van der Waals surface area contributed by atoms with E-state index in [1.54, 1.807) is 17.0 Å². The Balaban J connectivity index is 2.06. The van der Waals surface area contributed by atoms with Crippen LogP contribution in [0.4, 0.5) is 4.79 Å². The lowest BCUT2D eigenvalue weighted by Gasteiger charge is -2.31. The molecule has 0 spiro atoms. The van der Waals surface area contributed by atoms with Gasteiger partial charge in [0.1, 0.15) is 6.04 Å². The highest BCUT2D eigenvalue weighted by atomic mass is 32.2. The van der Waals surface area contributed by atoms with Gasteiger partial charge in [-0.3, -0.25) is 4.79 Å². The normalized spacial score (nSPS) is 16.1. The Bertz CT molecular complexity index is 756. The number of carbonyl (C=O) groups excluding carboxylic acids is 2. The van der Waals surface area contributed by atoms with Crippen LogP contribution in [0.5, 0.6) is 0 Å². The maximum absolute atomic E-state index is 12.7. The predicted octanol–water partition coefficient (Wildman–Crippen LogP) is 1.26. The zero-order valence-electron chi connectivity index (χ0n) is 15.9. The van der Waals surface area contributed by atoms with Crippen LogP contribution in [0.3, 0.4) is 0 Å². The Morgan fingerprint density at radius 1 is 1.15 bits per heavy atom. The molecule has 0 aromatic heterocycles. The zero-order valence-corrected chi connectivity index (χ0v) is 16.7. The number of nitrogens with one attached hydrogen (secondary N) is 2. The Kier molecular flexibility index (Phi) is 7.20. The molecular formula is C18H27N3O5S. The third-order valence-electron chi connectivity index (χ3n) is 4.19. The van der Waals surface area contributed by atoms with E-state index in [9.17, 15) is 18.0 Å². The molecule has 1 aliphatic rings. The van der Waals surface area contributed by atoms with E-state index in [4.69, 9.17) is 4.74 Å². The molecule has 1 aliphatic heterocycles. The van der Waals surface area contributed by atoms with E-state index in [1.807, 2.05) is 25.5 Å². The molecule has 150 valence electrons. The van der Waals surface area contributed by atoms with Gasteiger partial charge in [-0.05, 0) is 31.4 Å². The van der Waals surface area contributed by atoms with Crippen molar-refractivity contribution in [2.45, 2.75) is 38.1 Å². The van der Waals surface area contributed by atoms with Gasteiger partial charge < -0.3 is 15.0 Å². The minimum Gasteiger partial charge on any atom is -0.378 e. The molecule has 0 saturated carbocycles. The lowest BCUT2D eigenvalue weighted by Crippen LogP contribution is -2.54. The molecule has 1 saturated heterocycles. The molecule has 8 nitrogen and oxygen atoms in total. The molecule has 1 aromatic carbocycles. The van der Waals surface area contributed by atoms with Crippen molar-refractivity contribution >= 4 is 22.0 Å². The van der Waals surface area contributed by atoms with Crippen molar-refractivity contribution in [2.24, 2.45) is 5.92 Å². The van der Waals surface area contributed by atoms with E-state index < -0.39 is 22.1 Å². The van der Waals surface area contributed by atoms with Gasteiger partial charge in [0.2, 0.25) is 5.91 Å². The molecule has 1 atom stereocenters. The summed E-state index contributed by atoms with van der Waals surface area (Å²) >= 11 is 0. The Hall–Kier alpha value is -2.13. The van der Waals surface area contributed by atoms with Gasteiger partial charge >= 0.3 is 6.03 Å². The minimum atomic E-state index is -4.01. The lowest BCUT2D eigenvalue weighted by atomic mass is 10.0. The molecule has 1 fully saturated rings. The highest BCUT2D eigenvalue weighted by Gasteiger charge is 2.29. The number of nitrogens with zero attached hydrogens (tertiary/aromatic N) is 1. The zero-order chi connectivity index (χ0) is 20.0. The van der Waals surface area contributed by atoms with Crippen LogP contribution in [-0.4, -0.2) is 57.6 Å². The number of hydrogen-bond donors (Lipinski definition) is 2. The number of hydrogen-bond acceptors (Lipinski definition) is 5. The van der Waals surface area contributed by atoms with E-state index in [2.05, 4.69) is 5.32 Å². The second kappa shape index (κ2) is 9.18. The van der Waals surface area contributed by atoms with Crippen LogP contribution in [-0.2, 0) is 19.6 Å². The average molecular weight is 397 g/mol. The van der Waals surface area contributed by atoms with Crippen molar-refractivity contribution in [1.29, 1.82) is 0 Å². The molecule has 9 heteroatoms. The lowest BCUT2D eigenvalue weighted by molar-refractivity contribution is -0.137. The van der Waals surface area contributed by atoms with Gasteiger partial charge in [0.05, 0.1) is 18.1 Å². The topological polar surface area (TPSA) is 105 Å². The number of benzene rings is 1. The number of carbonyl (C=O) groups is 2. The Morgan fingerprint density at radius 2 is 1.74 bits per heavy atom. The summed E-state index contributed by atoms with van der Waals surface area (Å²) in [7, 11) is -4.01. The van der Waals surface area contributed by atoms with Crippen molar-refractivity contribution in [3.63, 3.8) is 0 Å².